The van der Waals surface area contributed by atoms with E-state index in [4.69, 9.17) is 4.74 Å². The molecule has 0 aliphatic heterocycles. The number of rotatable bonds is 3. The summed E-state index contributed by atoms with van der Waals surface area (Å²) in [6.07, 6.45) is 0. The van der Waals surface area contributed by atoms with Crippen molar-refractivity contribution in [2.75, 3.05) is 13.7 Å². The topological polar surface area (TPSA) is 29.5 Å². The van der Waals surface area contributed by atoms with Gasteiger partial charge in [-0.3, -0.25) is 0 Å². The first-order valence-corrected chi connectivity index (χ1v) is 4.35. The predicted octanol–water partition coefficient (Wildman–Crippen LogP) is 1.85. The molecular formula is C11H16O2. The molecule has 1 N–H and O–H groups in total. The highest BCUT2D eigenvalue weighted by molar-refractivity contribution is 5.30. The van der Waals surface area contributed by atoms with Crippen LogP contribution in [0.2, 0.25) is 0 Å². The standard InChI is InChI=1S/C11H16O2/c1-9-6-4-5-7-10(9)11(2,12)8-13-3/h4-7,12H,8H2,1-3H3. The first kappa shape index (κ1) is 10.2. The first-order chi connectivity index (χ1) is 6.08. The molecule has 0 aliphatic rings. The van der Waals surface area contributed by atoms with Crippen LogP contribution in [0.1, 0.15) is 18.1 Å². The van der Waals surface area contributed by atoms with Crippen LogP contribution in [0, 0.1) is 6.92 Å². The van der Waals surface area contributed by atoms with Crippen molar-refractivity contribution in [3.8, 4) is 0 Å². The Hall–Kier alpha value is -0.860. The van der Waals surface area contributed by atoms with E-state index in [9.17, 15) is 5.11 Å². The molecule has 0 spiro atoms. The maximum atomic E-state index is 10.0. The lowest BCUT2D eigenvalue weighted by Gasteiger charge is -2.24. The number of benzene rings is 1. The Bertz CT molecular complexity index is 279. The minimum Gasteiger partial charge on any atom is -0.383 e. The van der Waals surface area contributed by atoms with Gasteiger partial charge in [-0.1, -0.05) is 24.3 Å². The summed E-state index contributed by atoms with van der Waals surface area (Å²) in [6, 6.07) is 7.79. The Balaban J connectivity index is 2.99. The highest BCUT2D eigenvalue weighted by atomic mass is 16.5. The molecule has 0 heterocycles. The van der Waals surface area contributed by atoms with Crippen molar-refractivity contribution in [3.63, 3.8) is 0 Å². The summed E-state index contributed by atoms with van der Waals surface area (Å²) in [7, 11) is 1.59. The van der Waals surface area contributed by atoms with Crippen LogP contribution in [0.25, 0.3) is 0 Å². The molecule has 1 aromatic carbocycles. The van der Waals surface area contributed by atoms with Crippen LogP contribution in [0.15, 0.2) is 24.3 Å². The quantitative estimate of drug-likeness (QED) is 0.769. The second kappa shape index (κ2) is 3.90. The van der Waals surface area contributed by atoms with E-state index in [-0.39, 0.29) is 0 Å². The number of hydrogen-bond acceptors (Lipinski definition) is 2. The van der Waals surface area contributed by atoms with Gasteiger partial charge in [-0.15, -0.1) is 0 Å². The fraction of sp³-hybridized carbons (Fsp3) is 0.455. The van der Waals surface area contributed by atoms with Crippen molar-refractivity contribution in [1.29, 1.82) is 0 Å². The smallest absolute Gasteiger partial charge is 0.110 e. The average molecular weight is 180 g/mol. The van der Waals surface area contributed by atoms with Gasteiger partial charge in [0.05, 0.1) is 6.61 Å². The van der Waals surface area contributed by atoms with Crippen LogP contribution in [-0.2, 0) is 10.3 Å². The minimum absolute atomic E-state index is 0.317. The SMILES string of the molecule is COCC(C)(O)c1ccccc1C. The molecule has 0 radical (unpaired) electrons. The Morgan fingerprint density at radius 1 is 1.38 bits per heavy atom. The highest BCUT2D eigenvalue weighted by Gasteiger charge is 2.23. The zero-order chi connectivity index (χ0) is 9.90. The number of hydrogen-bond donors (Lipinski definition) is 1. The van der Waals surface area contributed by atoms with Crippen LogP contribution in [0.5, 0.6) is 0 Å². The number of aliphatic hydroxyl groups is 1. The monoisotopic (exact) mass is 180 g/mol. The van der Waals surface area contributed by atoms with E-state index in [0.29, 0.717) is 6.61 Å². The van der Waals surface area contributed by atoms with E-state index in [1.54, 1.807) is 14.0 Å². The molecule has 1 rings (SSSR count). The fourth-order valence-electron chi connectivity index (χ4n) is 1.54. The van der Waals surface area contributed by atoms with Crippen LogP contribution < -0.4 is 0 Å². The van der Waals surface area contributed by atoms with E-state index in [1.807, 2.05) is 31.2 Å². The molecule has 0 aromatic heterocycles. The van der Waals surface area contributed by atoms with E-state index >= 15 is 0 Å². The van der Waals surface area contributed by atoms with Gasteiger partial charge in [0.25, 0.3) is 0 Å². The number of aryl methyl sites for hydroxylation is 1. The number of ether oxygens (including phenoxy) is 1. The van der Waals surface area contributed by atoms with E-state index in [2.05, 4.69) is 0 Å². The van der Waals surface area contributed by atoms with Crippen LogP contribution in [0.4, 0.5) is 0 Å². The molecule has 0 aliphatic carbocycles. The molecule has 72 valence electrons. The van der Waals surface area contributed by atoms with Crippen molar-refractivity contribution in [3.05, 3.63) is 35.4 Å². The van der Waals surface area contributed by atoms with Crippen molar-refractivity contribution in [1.82, 2.24) is 0 Å². The van der Waals surface area contributed by atoms with Gasteiger partial charge < -0.3 is 9.84 Å². The van der Waals surface area contributed by atoms with Gasteiger partial charge in [0.1, 0.15) is 5.60 Å². The Kier molecular flexibility index (Phi) is 3.07. The van der Waals surface area contributed by atoms with Gasteiger partial charge in [-0.05, 0) is 25.0 Å². The van der Waals surface area contributed by atoms with Crippen molar-refractivity contribution < 1.29 is 9.84 Å². The molecule has 1 aromatic rings. The molecule has 0 bridgehead atoms. The highest BCUT2D eigenvalue weighted by Crippen LogP contribution is 2.23. The third-order valence-corrected chi connectivity index (χ3v) is 2.15. The summed E-state index contributed by atoms with van der Waals surface area (Å²) in [6.45, 7) is 4.07. The van der Waals surface area contributed by atoms with Crippen molar-refractivity contribution in [2.24, 2.45) is 0 Å². The molecule has 0 fully saturated rings. The maximum Gasteiger partial charge on any atom is 0.110 e. The zero-order valence-corrected chi connectivity index (χ0v) is 8.37. The molecule has 13 heavy (non-hydrogen) atoms. The molecule has 1 atom stereocenters. The molecule has 0 saturated carbocycles. The van der Waals surface area contributed by atoms with Crippen molar-refractivity contribution >= 4 is 0 Å². The largest absolute Gasteiger partial charge is 0.383 e. The average Bonchev–Trinajstić information content (AvgIpc) is 2.04. The molecule has 2 nitrogen and oxygen atoms in total. The van der Waals surface area contributed by atoms with Crippen LogP contribution in [-0.4, -0.2) is 18.8 Å². The van der Waals surface area contributed by atoms with E-state index in [0.717, 1.165) is 11.1 Å². The first-order valence-electron chi connectivity index (χ1n) is 4.35. The Morgan fingerprint density at radius 3 is 2.54 bits per heavy atom. The minimum atomic E-state index is -0.889. The lowest BCUT2D eigenvalue weighted by molar-refractivity contribution is -0.0212. The summed E-state index contributed by atoms with van der Waals surface area (Å²) in [5.41, 5.74) is 1.13. The third kappa shape index (κ3) is 2.29. The summed E-state index contributed by atoms with van der Waals surface area (Å²) in [4.78, 5) is 0. The Labute approximate surface area is 79.2 Å². The molecule has 1 unspecified atom stereocenters. The summed E-state index contributed by atoms with van der Waals surface area (Å²) in [5.74, 6) is 0. The van der Waals surface area contributed by atoms with Gasteiger partial charge >= 0.3 is 0 Å². The fourth-order valence-corrected chi connectivity index (χ4v) is 1.54. The van der Waals surface area contributed by atoms with Crippen LogP contribution >= 0.6 is 0 Å². The second-order valence-corrected chi connectivity index (χ2v) is 3.52. The number of methoxy groups -OCH3 is 1. The molecular weight excluding hydrogens is 164 g/mol. The normalized spacial score (nSPS) is 15.4. The van der Waals surface area contributed by atoms with Gasteiger partial charge in [-0.25, -0.2) is 0 Å². The van der Waals surface area contributed by atoms with Gasteiger partial charge in [0.2, 0.25) is 0 Å². The van der Waals surface area contributed by atoms with E-state index < -0.39 is 5.60 Å². The van der Waals surface area contributed by atoms with E-state index in [1.165, 1.54) is 0 Å². The van der Waals surface area contributed by atoms with Gasteiger partial charge in [0, 0.05) is 7.11 Å². The maximum absolute atomic E-state index is 10.0. The van der Waals surface area contributed by atoms with Crippen molar-refractivity contribution in [2.45, 2.75) is 19.4 Å². The van der Waals surface area contributed by atoms with Crippen LogP contribution in [0.3, 0.4) is 0 Å². The summed E-state index contributed by atoms with van der Waals surface area (Å²) < 4.78 is 4.97. The second-order valence-electron chi connectivity index (χ2n) is 3.52. The van der Waals surface area contributed by atoms with Gasteiger partial charge in [-0.2, -0.15) is 0 Å². The predicted molar refractivity (Wildman–Crippen MR) is 52.6 cm³/mol. The Morgan fingerprint density at radius 2 is 2.00 bits per heavy atom. The lowest BCUT2D eigenvalue weighted by Crippen LogP contribution is -2.27. The molecule has 0 amide bonds. The third-order valence-electron chi connectivity index (χ3n) is 2.15. The summed E-state index contributed by atoms with van der Waals surface area (Å²) >= 11 is 0. The molecule has 0 saturated heterocycles. The zero-order valence-electron chi connectivity index (χ0n) is 8.37. The lowest BCUT2D eigenvalue weighted by atomic mass is 9.93. The molecule has 2 heteroatoms. The van der Waals surface area contributed by atoms with Gasteiger partial charge in [0.15, 0.2) is 0 Å². The summed E-state index contributed by atoms with van der Waals surface area (Å²) in [5, 5.41) is 10.0.